The van der Waals surface area contributed by atoms with E-state index < -0.39 is 0 Å². The number of β-amino-alcohol motifs (C(OH)–C–C–N with tert-alkyl or cyclic N) is 1. The first-order valence-electron chi connectivity index (χ1n) is 12.5. The number of piperazine rings is 1. The number of aromatic nitrogens is 2. The molecule has 5 N–H and O–H groups in total. The van der Waals surface area contributed by atoms with Gasteiger partial charge in [-0.15, -0.1) is 0 Å². The largest absolute Gasteiger partial charge is 0.492 e. The summed E-state index contributed by atoms with van der Waals surface area (Å²) in [6.45, 7) is 8.66. The molecule has 1 fully saturated rings. The second-order valence-corrected chi connectivity index (χ2v) is 9.23. The van der Waals surface area contributed by atoms with Gasteiger partial charge in [0.25, 0.3) is 0 Å². The van der Waals surface area contributed by atoms with E-state index in [0.717, 1.165) is 78.6 Å². The Bertz CT molecular complexity index is 1300. The fourth-order valence-electron chi connectivity index (χ4n) is 4.79. The van der Waals surface area contributed by atoms with Gasteiger partial charge >= 0.3 is 0 Å². The highest BCUT2D eigenvalue weighted by Crippen LogP contribution is 2.36. The van der Waals surface area contributed by atoms with Crippen LogP contribution >= 0.6 is 0 Å². The molecular weight excluding hydrogens is 452 g/mol. The lowest BCUT2D eigenvalue weighted by Crippen LogP contribution is -2.48. The Kier molecular flexibility index (Phi) is 7.36. The van der Waals surface area contributed by atoms with Crippen molar-refractivity contribution >= 4 is 28.0 Å². The number of aryl methyl sites for hydroxylation is 1. The Hall–Kier alpha value is -3.59. The summed E-state index contributed by atoms with van der Waals surface area (Å²) >= 11 is 0. The number of aromatic amines is 1. The molecule has 1 saturated heterocycles. The fraction of sp³-hybridized carbons (Fsp3) is 0.321. The van der Waals surface area contributed by atoms with Crippen molar-refractivity contribution in [2.24, 2.45) is 0 Å². The molecule has 0 bridgehead atoms. The lowest BCUT2D eigenvalue weighted by molar-refractivity contribution is 0.102. The lowest BCUT2D eigenvalue weighted by atomic mass is 10.0. The molecule has 188 valence electrons. The smallest absolute Gasteiger partial charge is 0.119 e. The van der Waals surface area contributed by atoms with Crippen LogP contribution in [-0.4, -0.2) is 77.4 Å². The lowest BCUT2D eigenvalue weighted by Gasteiger charge is -2.34. The molecule has 0 radical (unpaired) electrons. The third-order valence-electron chi connectivity index (χ3n) is 6.96. The first kappa shape index (κ1) is 24.1. The molecular formula is C28H34N6O2. The van der Waals surface area contributed by atoms with Crippen molar-refractivity contribution in [3.8, 4) is 16.9 Å². The Morgan fingerprint density at radius 3 is 2.50 bits per heavy atom. The number of anilines is 3. The molecule has 3 heterocycles. The highest BCUT2D eigenvalue weighted by molar-refractivity contribution is 5.93. The number of ether oxygens (including phenoxy) is 1. The molecule has 0 spiro atoms. The number of fused-ring (bicyclic) bond motifs is 1. The third kappa shape index (κ3) is 5.31. The van der Waals surface area contributed by atoms with Gasteiger partial charge in [0.2, 0.25) is 0 Å². The average Bonchev–Trinajstić information content (AvgIpc) is 3.38. The van der Waals surface area contributed by atoms with E-state index in [1.54, 1.807) is 6.20 Å². The van der Waals surface area contributed by atoms with Gasteiger partial charge in [0.1, 0.15) is 12.4 Å². The Morgan fingerprint density at radius 2 is 1.75 bits per heavy atom. The molecule has 2 aromatic heterocycles. The number of H-pyrrole nitrogens is 1. The van der Waals surface area contributed by atoms with Crippen molar-refractivity contribution in [2.75, 3.05) is 63.5 Å². The maximum atomic E-state index is 9.09. The number of nitrogens with two attached hydrogens (primary N) is 1. The zero-order valence-electron chi connectivity index (χ0n) is 20.7. The molecule has 0 saturated carbocycles. The standard InChI is InChI=1S/C28H34N6O2/c1-20-23-8-9-31-27(23)7-6-26(20)32-28-24(18-30-19-25(28)29)21-2-4-22(5-3-21)36-17-15-34-12-10-33(11-13-34)14-16-35/h2-9,18-19,31,35H,10-17,29H2,1H3,(H,30,32). The van der Waals surface area contributed by atoms with Gasteiger partial charge in [0, 0.05) is 73.8 Å². The number of nitrogens with one attached hydrogen (secondary N) is 2. The molecule has 0 unspecified atom stereocenters. The summed E-state index contributed by atoms with van der Waals surface area (Å²) in [5.74, 6) is 0.845. The van der Waals surface area contributed by atoms with Gasteiger partial charge in [0.05, 0.1) is 24.2 Å². The van der Waals surface area contributed by atoms with Gasteiger partial charge in [-0.05, 0) is 48.4 Å². The van der Waals surface area contributed by atoms with Gasteiger partial charge in [-0.1, -0.05) is 12.1 Å². The third-order valence-corrected chi connectivity index (χ3v) is 6.96. The number of aliphatic hydroxyl groups is 1. The predicted molar refractivity (Wildman–Crippen MR) is 146 cm³/mol. The van der Waals surface area contributed by atoms with E-state index >= 15 is 0 Å². The van der Waals surface area contributed by atoms with Gasteiger partial charge in [-0.25, -0.2) is 0 Å². The number of hydrogen-bond acceptors (Lipinski definition) is 7. The maximum absolute atomic E-state index is 9.09. The van der Waals surface area contributed by atoms with Crippen molar-refractivity contribution in [1.29, 1.82) is 0 Å². The fourth-order valence-corrected chi connectivity index (χ4v) is 4.79. The van der Waals surface area contributed by atoms with Crippen LogP contribution in [0.25, 0.3) is 22.0 Å². The number of benzene rings is 2. The predicted octanol–water partition coefficient (Wildman–Crippen LogP) is 3.85. The molecule has 5 rings (SSSR count). The van der Waals surface area contributed by atoms with Crippen molar-refractivity contribution in [2.45, 2.75) is 6.92 Å². The molecule has 1 aliphatic rings. The quantitative estimate of drug-likeness (QED) is 0.285. The number of nitrogen functional groups attached to an aromatic ring is 1. The monoisotopic (exact) mass is 486 g/mol. The van der Waals surface area contributed by atoms with E-state index in [1.165, 1.54) is 5.39 Å². The Labute approximate surface area is 211 Å². The summed E-state index contributed by atoms with van der Waals surface area (Å²) in [4.78, 5) is 12.3. The van der Waals surface area contributed by atoms with E-state index in [0.29, 0.717) is 12.3 Å². The van der Waals surface area contributed by atoms with Crippen LogP contribution in [0.3, 0.4) is 0 Å². The van der Waals surface area contributed by atoms with E-state index in [2.05, 4.69) is 50.2 Å². The summed E-state index contributed by atoms with van der Waals surface area (Å²) in [6, 6.07) is 14.3. The Morgan fingerprint density at radius 1 is 1.00 bits per heavy atom. The number of hydrogen-bond donors (Lipinski definition) is 4. The van der Waals surface area contributed by atoms with Gasteiger partial charge in [0.15, 0.2) is 0 Å². The second kappa shape index (κ2) is 11.0. The topological polar surface area (TPSA) is 103 Å². The van der Waals surface area contributed by atoms with Crippen LogP contribution in [0.2, 0.25) is 0 Å². The molecule has 8 nitrogen and oxygen atoms in total. The van der Waals surface area contributed by atoms with Crippen LogP contribution in [0.1, 0.15) is 5.56 Å². The zero-order valence-corrected chi connectivity index (χ0v) is 20.7. The SMILES string of the molecule is Cc1c(Nc2c(N)cncc2-c2ccc(OCCN3CCN(CCO)CC3)cc2)ccc2[nH]ccc12. The minimum atomic E-state index is 0.227. The van der Waals surface area contributed by atoms with E-state index in [-0.39, 0.29) is 6.61 Å². The minimum Gasteiger partial charge on any atom is -0.492 e. The van der Waals surface area contributed by atoms with E-state index in [9.17, 15) is 0 Å². The first-order chi connectivity index (χ1) is 17.6. The highest BCUT2D eigenvalue weighted by Gasteiger charge is 2.16. The number of aliphatic hydroxyl groups excluding tert-OH is 1. The number of rotatable bonds is 9. The summed E-state index contributed by atoms with van der Waals surface area (Å²) in [7, 11) is 0. The highest BCUT2D eigenvalue weighted by atomic mass is 16.5. The van der Waals surface area contributed by atoms with Crippen molar-refractivity contribution in [3.05, 3.63) is 66.6 Å². The Balaban J connectivity index is 1.24. The molecule has 0 atom stereocenters. The molecule has 4 aromatic rings. The molecule has 0 aliphatic carbocycles. The van der Waals surface area contributed by atoms with Crippen LogP contribution in [0.5, 0.6) is 5.75 Å². The summed E-state index contributed by atoms with van der Waals surface area (Å²) < 4.78 is 6.02. The normalized spacial score (nSPS) is 14.8. The average molecular weight is 487 g/mol. The van der Waals surface area contributed by atoms with Crippen LogP contribution in [-0.2, 0) is 0 Å². The molecule has 0 amide bonds. The van der Waals surface area contributed by atoms with Crippen molar-refractivity contribution in [1.82, 2.24) is 19.8 Å². The van der Waals surface area contributed by atoms with Crippen molar-refractivity contribution in [3.63, 3.8) is 0 Å². The van der Waals surface area contributed by atoms with E-state index in [4.69, 9.17) is 15.6 Å². The second-order valence-electron chi connectivity index (χ2n) is 9.23. The van der Waals surface area contributed by atoms with Crippen LogP contribution in [0, 0.1) is 6.92 Å². The molecule has 2 aromatic carbocycles. The van der Waals surface area contributed by atoms with Gasteiger partial charge in [-0.2, -0.15) is 0 Å². The van der Waals surface area contributed by atoms with Crippen LogP contribution in [0.15, 0.2) is 61.1 Å². The first-order valence-corrected chi connectivity index (χ1v) is 12.5. The maximum Gasteiger partial charge on any atom is 0.119 e. The molecule has 8 heteroatoms. The van der Waals surface area contributed by atoms with E-state index in [1.807, 2.05) is 36.7 Å². The summed E-state index contributed by atoms with van der Waals surface area (Å²) in [5.41, 5.74) is 13.1. The minimum absolute atomic E-state index is 0.227. The zero-order chi connectivity index (χ0) is 24.9. The van der Waals surface area contributed by atoms with Crippen LogP contribution < -0.4 is 15.8 Å². The summed E-state index contributed by atoms with van der Waals surface area (Å²) in [5, 5.41) is 13.8. The number of pyridine rings is 1. The number of nitrogens with zero attached hydrogens (tertiary/aromatic N) is 3. The van der Waals surface area contributed by atoms with Gasteiger partial charge in [-0.3, -0.25) is 14.8 Å². The molecule has 1 aliphatic heterocycles. The summed E-state index contributed by atoms with van der Waals surface area (Å²) in [6.07, 6.45) is 5.47. The van der Waals surface area contributed by atoms with Crippen molar-refractivity contribution < 1.29 is 9.84 Å². The molecule has 36 heavy (non-hydrogen) atoms. The van der Waals surface area contributed by atoms with Gasteiger partial charge < -0.3 is 25.9 Å². The van der Waals surface area contributed by atoms with Crippen LogP contribution in [0.4, 0.5) is 17.1 Å².